The Kier molecular flexibility index (Phi) is 57.5. The van der Waals surface area contributed by atoms with Gasteiger partial charge in [-0.15, -0.1) is 0 Å². The summed E-state index contributed by atoms with van der Waals surface area (Å²) in [7, 11) is -4.75. The minimum absolute atomic E-state index is 0.170. The molecule has 0 aliphatic heterocycles. The van der Waals surface area contributed by atoms with Gasteiger partial charge in [-0.3, -0.25) is 23.4 Å². The first-order valence-electron chi connectivity index (χ1n) is 32.2. The van der Waals surface area contributed by atoms with Crippen molar-refractivity contribution in [3.05, 3.63) is 24.3 Å². The van der Waals surface area contributed by atoms with E-state index < -0.39 is 57.8 Å². The van der Waals surface area contributed by atoms with Crippen LogP contribution in [0.25, 0.3) is 0 Å². The lowest BCUT2D eigenvalue weighted by Crippen LogP contribution is -2.30. The van der Waals surface area contributed by atoms with E-state index in [1.165, 1.54) is 193 Å². The lowest BCUT2D eigenvalue weighted by Gasteiger charge is -2.21. The SMILES string of the molecule is CCCCCCCC/C=C\CCCCCCCCCCCC(=O)OC(COC(=O)CCCCCCCCCCCCCCCCC)COP(=O)(O)OCC(CO)OC(=O)CCCCCCC/C=C\CCCCCCCC. The fourth-order valence-electron chi connectivity index (χ4n) is 9.41. The number of unbranched alkanes of at least 4 members (excludes halogenated alkanes) is 40. The zero-order chi connectivity index (χ0) is 55.5. The molecule has 0 rings (SSSR count). The second-order valence-electron chi connectivity index (χ2n) is 21.9. The third kappa shape index (κ3) is 56.7. The summed E-state index contributed by atoms with van der Waals surface area (Å²) in [6, 6.07) is 0. The Bertz CT molecular complexity index is 1370. The van der Waals surface area contributed by atoms with Gasteiger partial charge in [-0.2, -0.15) is 0 Å². The standard InChI is InChI=1S/C64H121O11P/c1-4-7-10-13-16-19-22-25-28-29-30-31-34-37-40-43-46-49-52-55-64(68)75-61(57-71-62(66)53-50-47-44-41-38-35-32-26-23-20-17-14-11-8-5-2)59-73-76(69,70)72-58-60(56-65)74-63(67)54-51-48-45-42-39-36-33-27-24-21-18-15-12-9-6-3/h25,27-28,33,60-61,65H,4-24,26,29-32,34-59H2,1-3H3,(H,69,70)/b28-25-,33-27-. The van der Waals surface area contributed by atoms with Crippen molar-refractivity contribution >= 4 is 25.7 Å². The van der Waals surface area contributed by atoms with Gasteiger partial charge >= 0.3 is 25.7 Å². The van der Waals surface area contributed by atoms with Crippen molar-refractivity contribution in [3.63, 3.8) is 0 Å². The van der Waals surface area contributed by atoms with Crippen LogP contribution in [-0.4, -0.2) is 66.5 Å². The molecule has 0 saturated heterocycles. The smallest absolute Gasteiger partial charge is 0.462 e. The molecule has 0 radical (unpaired) electrons. The van der Waals surface area contributed by atoms with Crippen LogP contribution >= 0.6 is 7.82 Å². The molecule has 0 aliphatic carbocycles. The summed E-state index contributed by atoms with van der Waals surface area (Å²) in [5.74, 6) is -1.44. The highest BCUT2D eigenvalue weighted by Gasteiger charge is 2.28. The first kappa shape index (κ1) is 74.0. The second-order valence-corrected chi connectivity index (χ2v) is 23.4. The highest BCUT2D eigenvalue weighted by Crippen LogP contribution is 2.43. The number of hydrogen-bond acceptors (Lipinski definition) is 10. The van der Waals surface area contributed by atoms with E-state index in [-0.39, 0.29) is 25.9 Å². The van der Waals surface area contributed by atoms with E-state index >= 15 is 0 Å². The number of rotatable bonds is 61. The van der Waals surface area contributed by atoms with E-state index in [1.807, 2.05) is 0 Å². The van der Waals surface area contributed by atoms with Crippen LogP contribution in [0.5, 0.6) is 0 Å². The number of phosphoric acid groups is 1. The number of aliphatic hydroxyl groups is 1. The second kappa shape index (κ2) is 59.1. The van der Waals surface area contributed by atoms with Crippen LogP contribution in [0, 0.1) is 0 Å². The summed E-state index contributed by atoms with van der Waals surface area (Å²) in [5, 5.41) is 9.84. The lowest BCUT2D eigenvalue weighted by atomic mass is 10.0. The number of ether oxygens (including phenoxy) is 3. The molecule has 0 spiro atoms. The average Bonchev–Trinajstić information content (AvgIpc) is 3.41. The summed E-state index contributed by atoms with van der Waals surface area (Å²) >= 11 is 0. The summed E-state index contributed by atoms with van der Waals surface area (Å²) in [6.45, 7) is 4.70. The molecule has 2 N–H and O–H groups in total. The lowest BCUT2D eigenvalue weighted by molar-refractivity contribution is -0.161. The van der Waals surface area contributed by atoms with Gasteiger partial charge in [-0.05, 0) is 70.6 Å². The fourth-order valence-corrected chi connectivity index (χ4v) is 10.2. The van der Waals surface area contributed by atoms with E-state index in [0.717, 1.165) is 77.0 Å². The van der Waals surface area contributed by atoms with Crippen LogP contribution in [0.3, 0.4) is 0 Å². The minimum atomic E-state index is -4.75. The van der Waals surface area contributed by atoms with Gasteiger partial charge in [0.2, 0.25) is 0 Å². The van der Waals surface area contributed by atoms with Crippen LogP contribution in [0.1, 0.15) is 329 Å². The third-order valence-corrected chi connectivity index (χ3v) is 15.3. The Hall–Kier alpha value is -2.04. The van der Waals surface area contributed by atoms with Crippen LogP contribution < -0.4 is 0 Å². The molecule has 0 amide bonds. The van der Waals surface area contributed by atoms with Gasteiger partial charge < -0.3 is 24.2 Å². The van der Waals surface area contributed by atoms with E-state index in [4.69, 9.17) is 23.3 Å². The Morgan fingerprint density at radius 3 is 0.908 bits per heavy atom. The molecule has 0 aromatic heterocycles. The van der Waals surface area contributed by atoms with Crippen LogP contribution in [0.2, 0.25) is 0 Å². The predicted octanol–water partition coefficient (Wildman–Crippen LogP) is 19.4. The summed E-state index contributed by atoms with van der Waals surface area (Å²) in [4.78, 5) is 48.7. The van der Waals surface area contributed by atoms with Gasteiger partial charge in [0.05, 0.1) is 19.8 Å². The molecular formula is C64H121O11P. The fraction of sp³-hybridized carbons (Fsp3) is 0.891. The number of esters is 3. The molecule has 0 aliphatic rings. The number of carbonyl (C=O) groups is 3. The third-order valence-electron chi connectivity index (χ3n) is 14.3. The van der Waals surface area contributed by atoms with Crippen molar-refractivity contribution in [1.29, 1.82) is 0 Å². The predicted molar refractivity (Wildman–Crippen MR) is 316 cm³/mol. The number of allylic oxidation sites excluding steroid dienone is 4. The Morgan fingerprint density at radius 2 is 0.605 bits per heavy atom. The molecule has 0 bridgehead atoms. The summed E-state index contributed by atoms with van der Waals surface area (Å²) < 4.78 is 39.7. The quantitative estimate of drug-likeness (QED) is 0.0197. The van der Waals surface area contributed by atoms with Crippen molar-refractivity contribution < 1.29 is 52.2 Å². The highest BCUT2D eigenvalue weighted by atomic mass is 31.2. The number of carbonyl (C=O) groups excluding carboxylic acids is 3. The molecule has 0 heterocycles. The first-order valence-corrected chi connectivity index (χ1v) is 33.7. The number of hydrogen-bond donors (Lipinski definition) is 2. The zero-order valence-electron chi connectivity index (χ0n) is 49.7. The van der Waals surface area contributed by atoms with Gasteiger partial charge in [-0.25, -0.2) is 4.57 Å². The van der Waals surface area contributed by atoms with Gasteiger partial charge in [0.25, 0.3) is 0 Å². The Balaban J connectivity index is 4.66. The average molecular weight is 1100 g/mol. The van der Waals surface area contributed by atoms with E-state index in [0.29, 0.717) is 19.3 Å². The molecule has 11 nitrogen and oxygen atoms in total. The molecule has 76 heavy (non-hydrogen) atoms. The summed E-state index contributed by atoms with van der Waals surface area (Å²) in [6.07, 6.45) is 61.2. The topological polar surface area (TPSA) is 155 Å². The maximum atomic E-state index is 12.9. The van der Waals surface area contributed by atoms with Crippen molar-refractivity contribution in [1.82, 2.24) is 0 Å². The molecule has 0 aromatic carbocycles. The Morgan fingerprint density at radius 1 is 0.355 bits per heavy atom. The highest BCUT2D eigenvalue weighted by molar-refractivity contribution is 7.47. The van der Waals surface area contributed by atoms with Crippen LogP contribution in [0.4, 0.5) is 0 Å². The maximum absolute atomic E-state index is 12.9. The van der Waals surface area contributed by atoms with Crippen molar-refractivity contribution in [3.8, 4) is 0 Å². The zero-order valence-corrected chi connectivity index (χ0v) is 50.6. The van der Waals surface area contributed by atoms with E-state index in [1.54, 1.807) is 0 Å². The molecule has 0 aromatic rings. The first-order chi connectivity index (χ1) is 37.2. The van der Waals surface area contributed by atoms with Crippen molar-refractivity contribution in [2.45, 2.75) is 341 Å². The number of phosphoric ester groups is 1. The van der Waals surface area contributed by atoms with Gasteiger partial charge in [0.15, 0.2) is 6.10 Å². The molecule has 0 saturated carbocycles. The van der Waals surface area contributed by atoms with Gasteiger partial charge in [0.1, 0.15) is 12.7 Å². The van der Waals surface area contributed by atoms with Crippen molar-refractivity contribution in [2.24, 2.45) is 0 Å². The van der Waals surface area contributed by atoms with Crippen LogP contribution in [0.15, 0.2) is 24.3 Å². The van der Waals surface area contributed by atoms with Gasteiger partial charge in [-0.1, -0.05) is 263 Å². The molecule has 12 heteroatoms. The van der Waals surface area contributed by atoms with Gasteiger partial charge in [0, 0.05) is 19.3 Å². The van der Waals surface area contributed by atoms with E-state index in [9.17, 15) is 28.9 Å². The molecule has 3 unspecified atom stereocenters. The number of aliphatic hydroxyl groups excluding tert-OH is 1. The monoisotopic (exact) mass is 1100 g/mol. The Labute approximate surface area is 468 Å². The molecule has 0 fully saturated rings. The molecule has 448 valence electrons. The molecular weight excluding hydrogens is 976 g/mol. The van der Waals surface area contributed by atoms with E-state index in [2.05, 4.69) is 45.1 Å². The van der Waals surface area contributed by atoms with Crippen LogP contribution in [-0.2, 0) is 42.2 Å². The summed E-state index contributed by atoms with van der Waals surface area (Å²) in [5.41, 5.74) is 0. The van der Waals surface area contributed by atoms with Crippen molar-refractivity contribution in [2.75, 3.05) is 26.4 Å². The largest absolute Gasteiger partial charge is 0.472 e. The molecule has 3 atom stereocenters. The normalized spacial score (nSPS) is 13.4. The maximum Gasteiger partial charge on any atom is 0.472 e. The minimum Gasteiger partial charge on any atom is -0.462 e.